The van der Waals surface area contributed by atoms with Crippen molar-refractivity contribution >= 4 is 27.7 Å². The van der Waals surface area contributed by atoms with Crippen molar-refractivity contribution in [3.8, 4) is 0 Å². The van der Waals surface area contributed by atoms with Gasteiger partial charge >= 0.3 is 0 Å². The molecule has 1 aromatic rings. The SMILES string of the molecule is Cc1cccc(SCC=[C]CBr)c1. The second-order valence-corrected chi connectivity index (χ2v) is 4.32. The first kappa shape index (κ1) is 10.9. The summed E-state index contributed by atoms with van der Waals surface area (Å²) >= 11 is 5.13. The molecule has 1 aromatic carbocycles. The number of halogens is 1. The van der Waals surface area contributed by atoms with Crippen LogP contribution in [0.5, 0.6) is 0 Å². The first-order valence-electron chi connectivity index (χ1n) is 4.13. The maximum atomic E-state index is 3.30. The predicted molar refractivity (Wildman–Crippen MR) is 63.5 cm³/mol. The Balaban J connectivity index is 2.41. The molecular formula is C11H12BrS. The van der Waals surface area contributed by atoms with Gasteiger partial charge in [-0.25, -0.2) is 0 Å². The molecule has 13 heavy (non-hydrogen) atoms. The Bertz CT molecular complexity index is 281. The molecule has 0 aliphatic carbocycles. The Morgan fingerprint density at radius 3 is 3.08 bits per heavy atom. The second kappa shape index (κ2) is 6.28. The summed E-state index contributed by atoms with van der Waals surface area (Å²) < 4.78 is 0. The van der Waals surface area contributed by atoms with Gasteiger partial charge in [0, 0.05) is 16.0 Å². The molecule has 2 heteroatoms. The van der Waals surface area contributed by atoms with E-state index < -0.39 is 0 Å². The van der Waals surface area contributed by atoms with E-state index in [1.165, 1.54) is 10.5 Å². The summed E-state index contributed by atoms with van der Waals surface area (Å²) in [7, 11) is 0. The summed E-state index contributed by atoms with van der Waals surface area (Å²) in [5.74, 6) is 0.995. The van der Waals surface area contributed by atoms with Crippen LogP contribution in [0.1, 0.15) is 5.56 Å². The van der Waals surface area contributed by atoms with E-state index in [-0.39, 0.29) is 0 Å². The van der Waals surface area contributed by atoms with Gasteiger partial charge in [-0.3, -0.25) is 0 Å². The van der Waals surface area contributed by atoms with E-state index in [0.717, 1.165) is 11.1 Å². The summed E-state index contributed by atoms with van der Waals surface area (Å²) in [6.45, 7) is 2.12. The van der Waals surface area contributed by atoms with Crippen molar-refractivity contribution in [2.45, 2.75) is 11.8 Å². The van der Waals surface area contributed by atoms with Gasteiger partial charge in [-0.2, -0.15) is 0 Å². The number of rotatable bonds is 4. The fourth-order valence-corrected chi connectivity index (χ4v) is 2.02. The Morgan fingerprint density at radius 2 is 2.38 bits per heavy atom. The standard InChI is InChI=1S/C11H12BrS/c1-10-5-4-6-11(9-10)13-8-3-2-7-12/h3-6,9H,7-8H2,1H3. The van der Waals surface area contributed by atoms with Gasteiger partial charge < -0.3 is 0 Å². The quantitative estimate of drug-likeness (QED) is 0.582. The topological polar surface area (TPSA) is 0 Å². The Hall–Kier alpha value is -0.210. The molecule has 0 saturated heterocycles. The van der Waals surface area contributed by atoms with Crippen LogP contribution in [0.25, 0.3) is 0 Å². The molecular weight excluding hydrogens is 244 g/mol. The minimum absolute atomic E-state index is 0.821. The molecule has 0 aliphatic rings. The van der Waals surface area contributed by atoms with Crippen LogP contribution in [0, 0.1) is 13.0 Å². The summed E-state index contributed by atoms with van der Waals surface area (Å²) in [5.41, 5.74) is 1.32. The van der Waals surface area contributed by atoms with Gasteiger partial charge in [-0.1, -0.05) is 39.7 Å². The maximum absolute atomic E-state index is 3.30. The predicted octanol–water partition coefficient (Wildman–Crippen LogP) is 3.84. The van der Waals surface area contributed by atoms with Gasteiger partial charge in [-0.15, -0.1) is 11.8 Å². The van der Waals surface area contributed by atoms with Crippen LogP contribution in [0.4, 0.5) is 0 Å². The number of hydrogen-bond donors (Lipinski definition) is 0. The highest BCUT2D eigenvalue weighted by Crippen LogP contribution is 2.18. The van der Waals surface area contributed by atoms with Gasteiger partial charge in [0.05, 0.1) is 0 Å². The highest BCUT2D eigenvalue weighted by Gasteiger charge is 1.91. The molecule has 69 valence electrons. The number of thioether (sulfide) groups is 1. The summed E-state index contributed by atoms with van der Waals surface area (Å²) in [5, 5.41) is 0.821. The van der Waals surface area contributed by atoms with E-state index in [1.54, 1.807) is 0 Å². The van der Waals surface area contributed by atoms with Gasteiger partial charge in [0.1, 0.15) is 0 Å². The largest absolute Gasteiger partial charge is 0.122 e. The lowest BCUT2D eigenvalue weighted by molar-refractivity contribution is 1.36. The fraction of sp³-hybridized carbons (Fsp3) is 0.273. The van der Waals surface area contributed by atoms with Crippen LogP contribution in [-0.2, 0) is 0 Å². The highest BCUT2D eigenvalue weighted by atomic mass is 79.9. The molecule has 0 spiro atoms. The van der Waals surface area contributed by atoms with Crippen molar-refractivity contribution in [2.24, 2.45) is 0 Å². The normalized spacial score (nSPS) is 10.9. The summed E-state index contributed by atoms with van der Waals surface area (Å²) in [4.78, 5) is 1.33. The van der Waals surface area contributed by atoms with E-state index in [9.17, 15) is 0 Å². The van der Waals surface area contributed by atoms with Crippen LogP contribution in [0.15, 0.2) is 35.2 Å². The van der Waals surface area contributed by atoms with Crippen molar-refractivity contribution < 1.29 is 0 Å². The highest BCUT2D eigenvalue weighted by molar-refractivity contribution is 9.09. The van der Waals surface area contributed by atoms with Crippen molar-refractivity contribution in [1.29, 1.82) is 0 Å². The summed E-state index contributed by atoms with van der Waals surface area (Å²) in [6, 6.07) is 8.55. The smallest absolute Gasteiger partial charge is 0.0283 e. The molecule has 0 saturated carbocycles. The molecule has 0 unspecified atom stereocenters. The zero-order chi connectivity index (χ0) is 9.52. The van der Waals surface area contributed by atoms with Crippen LogP contribution in [0.2, 0.25) is 0 Å². The first-order valence-corrected chi connectivity index (χ1v) is 6.24. The maximum Gasteiger partial charge on any atom is 0.0283 e. The van der Waals surface area contributed by atoms with E-state index in [0.29, 0.717) is 0 Å². The molecule has 0 bridgehead atoms. The van der Waals surface area contributed by atoms with E-state index in [1.807, 2.05) is 11.8 Å². The fourth-order valence-electron chi connectivity index (χ4n) is 0.957. The first-order chi connectivity index (χ1) is 6.33. The van der Waals surface area contributed by atoms with Crippen LogP contribution in [0.3, 0.4) is 0 Å². The van der Waals surface area contributed by atoms with Crippen molar-refractivity contribution in [3.05, 3.63) is 42.0 Å². The molecule has 0 heterocycles. The Kier molecular flexibility index (Phi) is 5.25. The van der Waals surface area contributed by atoms with Crippen LogP contribution >= 0.6 is 27.7 Å². The van der Waals surface area contributed by atoms with Crippen LogP contribution < -0.4 is 0 Å². The number of allylic oxidation sites excluding steroid dienone is 1. The third kappa shape index (κ3) is 4.53. The van der Waals surface area contributed by atoms with Crippen molar-refractivity contribution in [1.82, 2.24) is 0 Å². The van der Waals surface area contributed by atoms with Gasteiger partial charge in [0.25, 0.3) is 0 Å². The molecule has 0 N–H and O–H groups in total. The zero-order valence-electron chi connectivity index (χ0n) is 7.59. The number of alkyl halides is 1. The lowest BCUT2D eigenvalue weighted by atomic mass is 10.2. The zero-order valence-corrected chi connectivity index (χ0v) is 9.99. The molecule has 0 amide bonds. The number of hydrogen-bond acceptors (Lipinski definition) is 1. The average molecular weight is 256 g/mol. The minimum Gasteiger partial charge on any atom is -0.122 e. The van der Waals surface area contributed by atoms with E-state index >= 15 is 0 Å². The molecule has 0 aromatic heterocycles. The molecule has 1 rings (SSSR count). The summed E-state index contributed by atoms with van der Waals surface area (Å²) in [6.07, 6.45) is 5.16. The average Bonchev–Trinajstić information content (AvgIpc) is 2.13. The number of aryl methyl sites for hydroxylation is 1. The molecule has 0 aliphatic heterocycles. The second-order valence-electron chi connectivity index (χ2n) is 2.67. The monoisotopic (exact) mass is 255 g/mol. The van der Waals surface area contributed by atoms with Crippen molar-refractivity contribution in [3.63, 3.8) is 0 Å². The third-order valence-corrected chi connectivity index (χ3v) is 2.79. The van der Waals surface area contributed by atoms with Crippen LogP contribution in [-0.4, -0.2) is 11.1 Å². The van der Waals surface area contributed by atoms with Gasteiger partial charge in [-0.05, 0) is 25.1 Å². The Labute approximate surface area is 92.6 Å². The number of benzene rings is 1. The lowest BCUT2D eigenvalue weighted by Gasteiger charge is -1.98. The molecule has 0 fully saturated rings. The third-order valence-electron chi connectivity index (χ3n) is 1.54. The molecule has 1 radical (unpaired) electrons. The Morgan fingerprint density at radius 1 is 1.54 bits per heavy atom. The van der Waals surface area contributed by atoms with Gasteiger partial charge in [0.15, 0.2) is 0 Å². The van der Waals surface area contributed by atoms with Crippen molar-refractivity contribution in [2.75, 3.05) is 11.1 Å². The van der Waals surface area contributed by atoms with Gasteiger partial charge in [0.2, 0.25) is 0 Å². The lowest BCUT2D eigenvalue weighted by Crippen LogP contribution is -1.76. The van der Waals surface area contributed by atoms with E-state index in [4.69, 9.17) is 0 Å². The molecule has 0 atom stereocenters. The van der Waals surface area contributed by atoms with E-state index in [2.05, 4.69) is 59.3 Å². The molecule has 0 nitrogen and oxygen atoms in total. The minimum atomic E-state index is 0.821.